The Bertz CT molecular complexity index is 2760. The van der Waals surface area contributed by atoms with Crippen LogP contribution in [0.3, 0.4) is 0 Å². The van der Waals surface area contributed by atoms with E-state index in [1.165, 1.54) is 66.3 Å². The summed E-state index contributed by atoms with van der Waals surface area (Å²) in [5, 5.41) is 2.48. The van der Waals surface area contributed by atoms with Gasteiger partial charge in [0.15, 0.2) is 0 Å². The van der Waals surface area contributed by atoms with Crippen molar-refractivity contribution in [3.05, 3.63) is 216 Å². The van der Waals surface area contributed by atoms with Crippen molar-refractivity contribution in [2.24, 2.45) is 0 Å². The topological polar surface area (TPSA) is 8.17 Å². The van der Waals surface area contributed by atoms with Crippen LogP contribution >= 0.6 is 0 Å². The average molecular weight is 649 g/mol. The van der Waals surface area contributed by atoms with Crippen LogP contribution < -0.4 is 4.90 Å². The van der Waals surface area contributed by atoms with Gasteiger partial charge >= 0.3 is 0 Å². The first-order chi connectivity index (χ1) is 25.3. The zero-order valence-electron chi connectivity index (χ0n) is 27.9. The van der Waals surface area contributed by atoms with Crippen molar-refractivity contribution in [1.82, 2.24) is 4.57 Å². The number of aromatic nitrogens is 1. The predicted octanol–water partition coefficient (Wildman–Crippen LogP) is 12.6. The van der Waals surface area contributed by atoms with Gasteiger partial charge in [0.25, 0.3) is 0 Å². The monoisotopic (exact) mass is 648 g/mol. The van der Waals surface area contributed by atoms with Crippen molar-refractivity contribution in [3.8, 4) is 27.9 Å². The highest BCUT2D eigenvalue weighted by molar-refractivity contribution is 6.14. The zero-order valence-corrected chi connectivity index (χ0v) is 27.9. The molecule has 0 saturated carbocycles. The minimum absolute atomic E-state index is 0.366. The Morgan fingerprint density at radius 2 is 0.902 bits per heavy atom. The molecule has 2 aliphatic carbocycles. The van der Waals surface area contributed by atoms with E-state index in [9.17, 15) is 0 Å². The molecular formula is C49H32N2. The first-order valence-electron chi connectivity index (χ1n) is 17.7. The Balaban J connectivity index is 1.21. The molecule has 0 aliphatic heterocycles. The normalized spacial score (nSPS) is 13.3. The lowest BCUT2D eigenvalue weighted by Crippen LogP contribution is -2.25. The van der Waals surface area contributed by atoms with Gasteiger partial charge in [0.1, 0.15) is 0 Å². The van der Waals surface area contributed by atoms with Crippen LogP contribution in [0.1, 0.15) is 22.3 Å². The number of fused-ring (bicyclic) bond motifs is 13. The van der Waals surface area contributed by atoms with Gasteiger partial charge in [0.2, 0.25) is 0 Å². The number of nitrogens with zero attached hydrogens (tertiary/aromatic N) is 2. The summed E-state index contributed by atoms with van der Waals surface area (Å²) in [4.78, 5) is 2.45. The molecule has 1 spiro atoms. The van der Waals surface area contributed by atoms with Crippen LogP contribution in [0.2, 0.25) is 0 Å². The maximum absolute atomic E-state index is 2.45. The van der Waals surface area contributed by atoms with E-state index in [0.29, 0.717) is 0 Å². The molecule has 0 atom stereocenters. The molecule has 0 unspecified atom stereocenters. The standard InChI is InChI=1S/C49H32N2/c1-3-16-33(17-4-1)50(47-29-15-24-40-39-23-10-14-28-46(39)51(48(40)47)34-18-5-2-6-19-34)35-30-31-45-41(32-35)38-22-9-13-27-44(38)49(45)42-25-11-7-20-36(42)37-21-8-12-26-43(37)49/h1-32H. The highest BCUT2D eigenvalue weighted by atomic mass is 15.2. The second-order valence-electron chi connectivity index (χ2n) is 13.6. The van der Waals surface area contributed by atoms with E-state index in [4.69, 9.17) is 0 Å². The third-order valence-corrected chi connectivity index (χ3v) is 11.2. The Kier molecular flexibility index (Phi) is 5.91. The zero-order chi connectivity index (χ0) is 33.5. The molecule has 0 amide bonds. The molecule has 0 radical (unpaired) electrons. The van der Waals surface area contributed by atoms with Gasteiger partial charge in [-0.15, -0.1) is 0 Å². The van der Waals surface area contributed by atoms with Crippen LogP contribution in [0.4, 0.5) is 17.1 Å². The van der Waals surface area contributed by atoms with E-state index in [1.807, 2.05) is 0 Å². The quantitative estimate of drug-likeness (QED) is 0.184. The fraction of sp³-hybridized carbons (Fsp3) is 0.0204. The molecule has 0 bridgehead atoms. The summed E-state index contributed by atoms with van der Waals surface area (Å²) in [6, 6.07) is 71.4. The first kappa shape index (κ1) is 28.2. The van der Waals surface area contributed by atoms with Crippen LogP contribution in [0.25, 0.3) is 49.7 Å². The van der Waals surface area contributed by atoms with Crippen molar-refractivity contribution in [1.29, 1.82) is 0 Å². The highest BCUT2D eigenvalue weighted by Gasteiger charge is 2.51. The van der Waals surface area contributed by atoms with Crippen LogP contribution in [-0.2, 0) is 5.41 Å². The molecule has 1 aromatic heterocycles. The summed E-state index contributed by atoms with van der Waals surface area (Å²) in [5.41, 5.74) is 17.2. The molecular weight excluding hydrogens is 617 g/mol. The van der Waals surface area contributed by atoms with Crippen LogP contribution in [0.15, 0.2) is 194 Å². The van der Waals surface area contributed by atoms with Gasteiger partial charge in [-0.05, 0) is 93.0 Å². The van der Waals surface area contributed by atoms with Crippen LogP contribution in [0.5, 0.6) is 0 Å². The molecule has 0 N–H and O–H groups in total. The maximum atomic E-state index is 2.45. The smallest absolute Gasteiger partial charge is 0.0782 e. The molecule has 8 aromatic carbocycles. The number of hydrogen-bond donors (Lipinski definition) is 0. The number of anilines is 3. The molecule has 1 heterocycles. The molecule has 9 aromatic rings. The van der Waals surface area contributed by atoms with E-state index < -0.39 is 0 Å². The summed E-state index contributed by atoms with van der Waals surface area (Å²) >= 11 is 0. The third-order valence-electron chi connectivity index (χ3n) is 11.2. The lowest BCUT2D eigenvalue weighted by molar-refractivity contribution is 0.794. The largest absolute Gasteiger partial charge is 0.308 e. The van der Waals surface area contributed by atoms with Crippen molar-refractivity contribution in [2.45, 2.75) is 5.41 Å². The van der Waals surface area contributed by atoms with E-state index in [-0.39, 0.29) is 5.41 Å². The molecule has 11 rings (SSSR count). The summed E-state index contributed by atoms with van der Waals surface area (Å²) in [5.74, 6) is 0. The molecule has 2 aliphatic rings. The fourth-order valence-corrected chi connectivity index (χ4v) is 9.26. The Morgan fingerprint density at radius 3 is 1.59 bits per heavy atom. The Labute approximate surface area is 297 Å². The van der Waals surface area contributed by atoms with E-state index in [0.717, 1.165) is 22.7 Å². The number of rotatable bonds is 4. The molecule has 0 saturated heterocycles. The lowest BCUT2D eigenvalue weighted by atomic mass is 9.70. The summed E-state index contributed by atoms with van der Waals surface area (Å²) < 4.78 is 2.43. The summed E-state index contributed by atoms with van der Waals surface area (Å²) in [6.45, 7) is 0. The van der Waals surface area contributed by atoms with E-state index in [2.05, 4.69) is 204 Å². The van der Waals surface area contributed by atoms with Gasteiger partial charge in [0, 0.05) is 27.8 Å². The lowest BCUT2D eigenvalue weighted by Gasteiger charge is -2.31. The highest BCUT2D eigenvalue weighted by Crippen LogP contribution is 2.63. The van der Waals surface area contributed by atoms with Gasteiger partial charge in [-0.1, -0.05) is 146 Å². The van der Waals surface area contributed by atoms with Gasteiger partial charge in [0.05, 0.1) is 22.1 Å². The number of benzene rings is 8. The van der Waals surface area contributed by atoms with E-state index in [1.54, 1.807) is 0 Å². The second-order valence-corrected chi connectivity index (χ2v) is 13.6. The maximum Gasteiger partial charge on any atom is 0.0782 e. The number of para-hydroxylation sites is 4. The minimum Gasteiger partial charge on any atom is -0.308 e. The van der Waals surface area contributed by atoms with Gasteiger partial charge in [-0.25, -0.2) is 0 Å². The predicted molar refractivity (Wildman–Crippen MR) is 212 cm³/mol. The summed E-state index contributed by atoms with van der Waals surface area (Å²) in [7, 11) is 0. The van der Waals surface area contributed by atoms with Crippen molar-refractivity contribution in [3.63, 3.8) is 0 Å². The molecule has 2 heteroatoms. The van der Waals surface area contributed by atoms with Gasteiger partial charge in [-0.2, -0.15) is 0 Å². The van der Waals surface area contributed by atoms with Crippen LogP contribution in [0, 0.1) is 0 Å². The van der Waals surface area contributed by atoms with Crippen LogP contribution in [-0.4, -0.2) is 4.57 Å². The van der Waals surface area contributed by atoms with Gasteiger partial charge < -0.3 is 9.47 Å². The van der Waals surface area contributed by atoms with Crippen molar-refractivity contribution >= 4 is 38.9 Å². The van der Waals surface area contributed by atoms with Crippen molar-refractivity contribution in [2.75, 3.05) is 4.90 Å². The average Bonchev–Trinajstić information content (AvgIpc) is 3.81. The van der Waals surface area contributed by atoms with Crippen molar-refractivity contribution < 1.29 is 0 Å². The Hall–Kier alpha value is -6.64. The molecule has 51 heavy (non-hydrogen) atoms. The Morgan fingerprint density at radius 1 is 0.373 bits per heavy atom. The molecule has 238 valence electrons. The second kappa shape index (κ2) is 10.7. The van der Waals surface area contributed by atoms with Gasteiger partial charge in [-0.3, -0.25) is 0 Å². The number of hydrogen-bond acceptors (Lipinski definition) is 1. The minimum atomic E-state index is -0.366. The van der Waals surface area contributed by atoms with E-state index >= 15 is 0 Å². The molecule has 0 fully saturated rings. The first-order valence-corrected chi connectivity index (χ1v) is 17.7. The third kappa shape index (κ3) is 3.76. The SMILES string of the molecule is c1ccc(N(c2ccc3c(c2)-c2ccccc2C32c3ccccc3-c3ccccc32)c2cccc3c4ccccc4n(-c4ccccc4)c23)cc1. The fourth-order valence-electron chi connectivity index (χ4n) is 9.26. The molecule has 2 nitrogen and oxygen atoms in total. The summed E-state index contributed by atoms with van der Waals surface area (Å²) in [6.07, 6.45) is 0.